The highest BCUT2D eigenvalue weighted by Gasteiger charge is 2.21. The summed E-state index contributed by atoms with van der Waals surface area (Å²) >= 11 is 0. The summed E-state index contributed by atoms with van der Waals surface area (Å²) < 4.78 is 55.8. The number of fused-ring (bicyclic) bond motifs is 1. The number of anilines is 5. The first-order valence-corrected chi connectivity index (χ1v) is 20.8. The van der Waals surface area contributed by atoms with Crippen LogP contribution in [-0.4, -0.2) is 48.6 Å². The minimum atomic E-state index is -4.06. The van der Waals surface area contributed by atoms with Crippen LogP contribution in [0.5, 0.6) is 0 Å². The van der Waals surface area contributed by atoms with Crippen molar-refractivity contribution >= 4 is 65.2 Å². The van der Waals surface area contributed by atoms with E-state index >= 15 is 0 Å². The number of amides is 1. The molecule has 0 saturated heterocycles. The maximum Gasteiger partial charge on any atom is 0.263 e. The van der Waals surface area contributed by atoms with Crippen LogP contribution in [0.1, 0.15) is 70.8 Å². The number of hydrogen-bond donors (Lipinski definition) is 4. The fraction of sp³-hybridized carbons (Fsp3) is 0.395. The number of para-hydroxylation sites is 1. The van der Waals surface area contributed by atoms with Crippen LogP contribution >= 0.6 is 0 Å². The molecule has 0 radical (unpaired) electrons. The van der Waals surface area contributed by atoms with Crippen molar-refractivity contribution in [2.75, 3.05) is 46.1 Å². The van der Waals surface area contributed by atoms with E-state index in [-0.39, 0.29) is 16.5 Å². The monoisotopic (exact) mass is 721 g/mol. The van der Waals surface area contributed by atoms with E-state index in [1.165, 1.54) is 31.7 Å². The first-order chi connectivity index (χ1) is 23.9. The molecule has 0 aliphatic carbocycles. The molecule has 0 atom stereocenters. The smallest absolute Gasteiger partial charge is 0.263 e. The van der Waals surface area contributed by atoms with Crippen LogP contribution in [0, 0.1) is 6.92 Å². The van der Waals surface area contributed by atoms with Gasteiger partial charge in [-0.25, -0.2) is 21.6 Å². The average molecular weight is 722 g/mol. The molecule has 10 nitrogen and oxygen atoms in total. The number of nitrogens with one attached hydrogen (secondary N) is 4. The third-order valence-electron chi connectivity index (χ3n) is 8.60. The van der Waals surface area contributed by atoms with Crippen molar-refractivity contribution in [3.8, 4) is 0 Å². The van der Waals surface area contributed by atoms with E-state index in [9.17, 15) is 21.6 Å². The summed E-state index contributed by atoms with van der Waals surface area (Å²) in [5.74, 6) is -0.197. The molecule has 0 bridgehead atoms. The summed E-state index contributed by atoms with van der Waals surface area (Å²) in [6.07, 6.45) is 9.17. The molecule has 50 heavy (non-hydrogen) atoms. The molecule has 0 aliphatic rings. The quantitative estimate of drug-likeness (QED) is 0.0677. The van der Waals surface area contributed by atoms with Gasteiger partial charge in [-0.1, -0.05) is 81.8 Å². The van der Waals surface area contributed by atoms with Gasteiger partial charge in [0.1, 0.15) is 4.90 Å². The zero-order chi connectivity index (χ0) is 36.1. The Morgan fingerprint density at radius 2 is 1.34 bits per heavy atom. The standard InChI is InChI=1S/C38H51N5O5S2/c1-5-7-8-9-10-11-12-21-38(44)41-36-19-15-16-20-37(36)50(47,48)42-35-25-24-34(31-17-13-14-18-32(31)35)40-33-23-22-30(28-29(33)3)43(6-2)27-26-39-49(4,45)46/h13-20,22-25,28,39-40,42H,5-12,21,26-27H2,1-4H3,(H,41,44). The molecule has 0 unspecified atom stereocenters. The highest BCUT2D eigenvalue weighted by molar-refractivity contribution is 7.93. The number of hydrogen-bond acceptors (Lipinski definition) is 7. The highest BCUT2D eigenvalue weighted by atomic mass is 32.2. The summed E-state index contributed by atoms with van der Waals surface area (Å²) in [4.78, 5) is 14.9. The van der Waals surface area contributed by atoms with Crippen LogP contribution in [0.4, 0.5) is 28.4 Å². The molecule has 4 N–H and O–H groups in total. The number of carbonyl (C=O) groups excluding carboxylic acids is 1. The lowest BCUT2D eigenvalue weighted by molar-refractivity contribution is -0.116. The van der Waals surface area contributed by atoms with Crippen molar-refractivity contribution < 1.29 is 21.6 Å². The Balaban J connectivity index is 1.48. The zero-order valence-corrected chi connectivity index (χ0v) is 31.2. The van der Waals surface area contributed by atoms with Crippen LogP contribution in [0.3, 0.4) is 0 Å². The maximum atomic E-state index is 13.8. The van der Waals surface area contributed by atoms with E-state index in [2.05, 4.69) is 38.0 Å². The van der Waals surface area contributed by atoms with E-state index in [1.807, 2.05) is 56.3 Å². The predicted molar refractivity (Wildman–Crippen MR) is 208 cm³/mol. The average Bonchev–Trinajstić information content (AvgIpc) is 3.08. The van der Waals surface area contributed by atoms with Crippen LogP contribution in [-0.2, 0) is 24.8 Å². The minimum Gasteiger partial charge on any atom is -0.370 e. The summed E-state index contributed by atoms with van der Waals surface area (Å²) in [5, 5.41) is 7.88. The number of aryl methyl sites for hydroxylation is 1. The Morgan fingerprint density at radius 1 is 0.720 bits per heavy atom. The summed E-state index contributed by atoms with van der Waals surface area (Å²) in [7, 11) is -7.31. The van der Waals surface area contributed by atoms with Gasteiger partial charge in [-0.2, -0.15) is 0 Å². The van der Waals surface area contributed by atoms with Crippen LogP contribution in [0.2, 0.25) is 0 Å². The fourth-order valence-corrected chi connectivity index (χ4v) is 7.63. The van der Waals surface area contributed by atoms with Crippen molar-refractivity contribution in [3.05, 3.63) is 84.4 Å². The van der Waals surface area contributed by atoms with Crippen LogP contribution in [0.15, 0.2) is 83.8 Å². The molecule has 12 heteroatoms. The number of rotatable bonds is 20. The van der Waals surface area contributed by atoms with Gasteiger partial charge in [0.2, 0.25) is 15.9 Å². The Hall–Kier alpha value is -4.13. The number of carbonyl (C=O) groups is 1. The first-order valence-electron chi connectivity index (χ1n) is 17.4. The van der Waals surface area contributed by atoms with Crippen LogP contribution < -0.4 is 25.0 Å². The molecular formula is C38H51N5O5S2. The molecule has 0 saturated carbocycles. The molecule has 0 aromatic heterocycles. The molecule has 0 spiro atoms. The van der Waals surface area contributed by atoms with Crippen molar-refractivity contribution in [3.63, 3.8) is 0 Å². The zero-order valence-electron chi connectivity index (χ0n) is 29.6. The predicted octanol–water partition coefficient (Wildman–Crippen LogP) is 8.15. The molecule has 0 fully saturated rings. The van der Waals surface area contributed by atoms with E-state index in [1.54, 1.807) is 24.3 Å². The van der Waals surface area contributed by atoms with E-state index in [4.69, 9.17) is 0 Å². The minimum absolute atomic E-state index is 0.00290. The third-order valence-corrected chi connectivity index (χ3v) is 10.8. The van der Waals surface area contributed by atoms with Gasteiger partial charge in [0.25, 0.3) is 10.0 Å². The first kappa shape index (κ1) is 38.7. The SMILES string of the molecule is CCCCCCCCCC(=O)Nc1ccccc1S(=O)(=O)Nc1ccc(Nc2ccc(N(CC)CCNS(C)(=O)=O)cc2C)c2ccccc12. The third kappa shape index (κ3) is 11.2. The van der Waals surface area contributed by atoms with Gasteiger partial charge in [-0.3, -0.25) is 9.52 Å². The molecular weight excluding hydrogens is 671 g/mol. The second-order valence-electron chi connectivity index (χ2n) is 12.6. The van der Waals surface area contributed by atoms with Gasteiger partial charge >= 0.3 is 0 Å². The Morgan fingerprint density at radius 3 is 2.02 bits per heavy atom. The van der Waals surface area contributed by atoms with Crippen molar-refractivity contribution in [2.24, 2.45) is 0 Å². The number of likely N-dealkylation sites (N-methyl/N-ethyl adjacent to an activating group) is 1. The van der Waals surface area contributed by atoms with Crippen molar-refractivity contribution in [1.82, 2.24) is 4.72 Å². The van der Waals surface area contributed by atoms with Gasteiger partial charge in [0, 0.05) is 53.9 Å². The van der Waals surface area contributed by atoms with Crippen molar-refractivity contribution in [2.45, 2.75) is 77.0 Å². The van der Waals surface area contributed by atoms with Crippen molar-refractivity contribution in [1.29, 1.82) is 0 Å². The van der Waals surface area contributed by atoms with Gasteiger partial charge in [-0.05, 0) is 68.3 Å². The van der Waals surface area contributed by atoms with Gasteiger partial charge in [0.15, 0.2) is 0 Å². The number of nitrogens with zero attached hydrogens (tertiary/aromatic N) is 1. The van der Waals surface area contributed by atoms with Gasteiger partial charge < -0.3 is 15.5 Å². The maximum absolute atomic E-state index is 13.8. The molecule has 4 rings (SSSR count). The fourth-order valence-electron chi connectivity index (χ4n) is 5.92. The second kappa shape index (κ2) is 18.2. The number of sulfonamides is 2. The molecule has 1 amide bonds. The summed E-state index contributed by atoms with van der Waals surface area (Å²) in [6, 6.07) is 23.7. The topological polar surface area (TPSA) is 137 Å². The Kier molecular flexibility index (Phi) is 14.1. The largest absolute Gasteiger partial charge is 0.370 e. The lowest BCUT2D eigenvalue weighted by Gasteiger charge is -2.24. The number of unbranched alkanes of at least 4 members (excludes halogenated alkanes) is 6. The number of benzene rings is 4. The van der Waals surface area contributed by atoms with E-state index < -0.39 is 20.0 Å². The normalized spacial score (nSPS) is 11.8. The second-order valence-corrected chi connectivity index (χ2v) is 16.1. The molecule has 270 valence electrons. The lowest BCUT2D eigenvalue weighted by Crippen LogP contribution is -2.34. The van der Waals surface area contributed by atoms with E-state index in [0.29, 0.717) is 30.6 Å². The Labute approximate surface area is 298 Å². The summed E-state index contributed by atoms with van der Waals surface area (Å²) in [6.45, 7) is 7.78. The highest BCUT2D eigenvalue weighted by Crippen LogP contribution is 2.35. The molecule has 0 aliphatic heterocycles. The van der Waals surface area contributed by atoms with E-state index in [0.717, 1.165) is 60.1 Å². The van der Waals surface area contributed by atoms with Gasteiger partial charge in [0.05, 0.1) is 17.6 Å². The summed E-state index contributed by atoms with van der Waals surface area (Å²) in [5.41, 5.74) is 4.35. The Bertz CT molecular complexity index is 1970. The molecule has 0 heterocycles. The molecule has 4 aromatic carbocycles. The van der Waals surface area contributed by atoms with Gasteiger partial charge in [-0.15, -0.1) is 0 Å². The molecule has 4 aromatic rings. The lowest BCUT2D eigenvalue weighted by atomic mass is 10.1. The van der Waals surface area contributed by atoms with Crippen LogP contribution in [0.25, 0.3) is 10.8 Å².